The molecule has 0 saturated carbocycles. The third kappa shape index (κ3) is 6.28. The van der Waals surface area contributed by atoms with Crippen LogP contribution in [0.25, 0.3) is 10.2 Å². The molecule has 0 aliphatic rings. The predicted octanol–water partition coefficient (Wildman–Crippen LogP) is 3.57. The van der Waals surface area contributed by atoms with Gasteiger partial charge >= 0.3 is 0 Å². The maximum absolute atomic E-state index is 12.2. The number of fused-ring (bicyclic) bond motifs is 1. The summed E-state index contributed by atoms with van der Waals surface area (Å²) < 4.78 is 31.8. The highest BCUT2D eigenvalue weighted by molar-refractivity contribution is 7.99. The van der Waals surface area contributed by atoms with Gasteiger partial charge in [-0.05, 0) is 30.3 Å². The van der Waals surface area contributed by atoms with Gasteiger partial charge in [0, 0.05) is 18.5 Å². The van der Waals surface area contributed by atoms with Crippen molar-refractivity contribution in [1.82, 2.24) is 15.2 Å². The molecule has 9 nitrogen and oxygen atoms in total. The second-order valence-corrected chi connectivity index (χ2v) is 10.6. The second-order valence-electron chi connectivity index (χ2n) is 6.83. The molecule has 0 radical (unpaired) electrons. The van der Waals surface area contributed by atoms with Crippen molar-refractivity contribution in [3.05, 3.63) is 59.4 Å². The first-order chi connectivity index (χ1) is 15.3. The number of nitrogens with zero attached hydrogens (tertiary/aromatic N) is 3. The molecule has 2 aromatic heterocycles. The molecule has 0 atom stereocenters. The third-order valence-electron chi connectivity index (χ3n) is 4.12. The highest BCUT2D eigenvalue weighted by Crippen LogP contribution is 2.23. The van der Waals surface area contributed by atoms with Crippen molar-refractivity contribution in [2.24, 2.45) is 0 Å². The zero-order chi connectivity index (χ0) is 22.6. The molecule has 0 bridgehead atoms. The van der Waals surface area contributed by atoms with E-state index in [1.807, 2.05) is 24.3 Å². The Kier molecular flexibility index (Phi) is 6.72. The van der Waals surface area contributed by atoms with E-state index in [0.29, 0.717) is 35.3 Å². The first-order valence-corrected chi connectivity index (χ1v) is 13.2. The van der Waals surface area contributed by atoms with Gasteiger partial charge in [-0.2, -0.15) is 0 Å². The molecule has 0 aliphatic carbocycles. The number of thiazole rings is 1. The molecule has 2 aromatic carbocycles. The summed E-state index contributed by atoms with van der Waals surface area (Å²) in [6, 6.07) is 14.4. The van der Waals surface area contributed by atoms with E-state index in [1.54, 1.807) is 29.5 Å². The Bertz CT molecular complexity index is 1320. The van der Waals surface area contributed by atoms with Crippen LogP contribution in [0.5, 0.6) is 0 Å². The van der Waals surface area contributed by atoms with Crippen LogP contribution in [-0.4, -0.2) is 41.5 Å². The Labute approximate surface area is 192 Å². The fourth-order valence-electron chi connectivity index (χ4n) is 2.84. The lowest BCUT2D eigenvalue weighted by molar-refractivity contribution is -0.113. The number of rotatable bonds is 9. The number of aromatic nitrogens is 3. The first-order valence-electron chi connectivity index (χ1n) is 9.51. The molecule has 2 N–H and O–H groups in total. The molecule has 12 heteroatoms. The van der Waals surface area contributed by atoms with Crippen LogP contribution in [0.1, 0.15) is 10.9 Å². The van der Waals surface area contributed by atoms with Crippen molar-refractivity contribution in [2.75, 3.05) is 22.0 Å². The van der Waals surface area contributed by atoms with E-state index < -0.39 is 10.0 Å². The number of carbonyl (C=O) groups is 1. The van der Waals surface area contributed by atoms with Crippen molar-refractivity contribution < 1.29 is 17.6 Å². The average Bonchev–Trinajstić information content (AvgIpc) is 3.36. The SMILES string of the molecule is CS(=O)(=O)Nc1cccc(NC(=O)CSc2nnc(CCc3nc4ccccc4s3)o2)c1. The van der Waals surface area contributed by atoms with Gasteiger partial charge in [-0.25, -0.2) is 13.4 Å². The molecule has 4 rings (SSSR count). The molecule has 0 spiro atoms. The average molecular weight is 490 g/mol. The highest BCUT2D eigenvalue weighted by atomic mass is 32.2. The minimum atomic E-state index is -3.39. The van der Waals surface area contributed by atoms with Crippen molar-refractivity contribution in [2.45, 2.75) is 18.1 Å². The number of para-hydroxylation sites is 1. The molecular weight excluding hydrogens is 470 g/mol. The maximum atomic E-state index is 12.2. The molecule has 0 saturated heterocycles. The lowest BCUT2D eigenvalue weighted by atomic mass is 10.3. The minimum Gasteiger partial charge on any atom is -0.416 e. The standard InChI is InChI=1S/C20H19N5O4S3/c1-32(27,28)25-14-6-4-5-13(11-14)21-17(26)12-30-20-24-23-18(29-20)9-10-19-22-15-7-2-3-8-16(15)31-19/h2-8,11,25H,9-10,12H2,1H3,(H,21,26). The number of sulfonamides is 1. The van der Waals surface area contributed by atoms with Crippen LogP contribution >= 0.6 is 23.1 Å². The maximum Gasteiger partial charge on any atom is 0.277 e. The number of hydrogen-bond acceptors (Lipinski definition) is 9. The Morgan fingerprint density at radius 1 is 1.09 bits per heavy atom. The number of carbonyl (C=O) groups excluding carboxylic acids is 1. The van der Waals surface area contributed by atoms with Crippen molar-refractivity contribution in [1.29, 1.82) is 0 Å². The van der Waals surface area contributed by atoms with Crippen LogP contribution in [0.15, 0.2) is 58.2 Å². The largest absolute Gasteiger partial charge is 0.416 e. The summed E-state index contributed by atoms with van der Waals surface area (Å²) in [5.74, 6) is 0.288. The summed E-state index contributed by atoms with van der Waals surface area (Å²) in [5, 5.41) is 12.0. The van der Waals surface area contributed by atoms with Crippen LogP contribution < -0.4 is 10.0 Å². The van der Waals surface area contributed by atoms with Crippen LogP contribution in [0.4, 0.5) is 11.4 Å². The van der Waals surface area contributed by atoms with Crippen LogP contribution in [0, 0.1) is 0 Å². The monoisotopic (exact) mass is 489 g/mol. The number of benzene rings is 2. The summed E-state index contributed by atoms with van der Waals surface area (Å²) in [7, 11) is -3.39. The smallest absolute Gasteiger partial charge is 0.277 e. The van der Waals surface area contributed by atoms with E-state index in [-0.39, 0.29) is 11.7 Å². The molecule has 2 heterocycles. The molecule has 0 aliphatic heterocycles. The topological polar surface area (TPSA) is 127 Å². The molecule has 0 unspecified atom stereocenters. The predicted molar refractivity (Wildman–Crippen MR) is 126 cm³/mol. The fraction of sp³-hybridized carbons (Fsp3) is 0.200. The van der Waals surface area contributed by atoms with Crippen molar-refractivity contribution in [3.8, 4) is 0 Å². The summed E-state index contributed by atoms with van der Waals surface area (Å²) >= 11 is 2.78. The third-order valence-corrected chi connectivity index (χ3v) is 6.64. The van der Waals surface area contributed by atoms with Gasteiger partial charge in [0.2, 0.25) is 21.8 Å². The summed E-state index contributed by atoms with van der Waals surface area (Å²) in [4.78, 5) is 16.8. The van der Waals surface area contributed by atoms with E-state index in [0.717, 1.165) is 33.2 Å². The number of hydrogen-bond donors (Lipinski definition) is 2. The molecule has 1 amide bonds. The summed E-state index contributed by atoms with van der Waals surface area (Å²) in [5.41, 5.74) is 1.83. The number of amides is 1. The van der Waals surface area contributed by atoms with Gasteiger partial charge in [-0.3, -0.25) is 9.52 Å². The molecule has 0 fully saturated rings. The molecule has 32 heavy (non-hydrogen) atoms. The minimum absolute atomic E-state index is 0.0727. The zero-order valence-corrected chi connectivity index (χ0v) is 19.4. The lowest BCUT2D eigenvalue weighted by Gasteiger charge is -2.07. The van der Waals surface area contributed by atoms with Gasteiger partial charge in [0.15, 0.2) is 0 Å². The Balaban J connectivity index is 1.26. The molecule has 166 valence electrons. The van der Waals surface area contributed by atoms with Crippen molar-refractivity contribution in [3.63, 3.8) is 0 Å². The van der Waals surface area contributed by atoms with Crippen LogP contribution in [0.3, 0.4) is 0 Å². The summed E-state index contributed by atoms with van der Waals surface area (Å²) in [6.45, 7) is 0. The number of nitrogens with one attached hydrogen (secondary N) is 2. The number of anilines is 2. The van der Waals surface area contributed by atoms with Gasteiger partial charge < -0.3 is 9.73 Å². The van der Waals surface area contributed by atoms with Crippen LogP contribution in [-0.2, 0) is 27.7 Å². The quantitative estimate of drug-likeness (QED) is 0.342. The van der Waals surface area contributed by atoms with E-state index in [1.165, 1.54) is 6.07 Å². The lowest BCUT2D eigenvalue weighted by Crippen LogP contribution is -2.14. The zero-order valence-electron chi connectivity index (χ0n) is 16.9. The first kappa shape index (κ1) is 22.2. The second kappa shape index (κ2) is 9.67. The number of aryl methyl sites for hydroxylation is 2. The normalized spacial score (nSPS) is 11.5. The van der Waals surface area contributed by atoms with E-state index >= 15 is 0 Å². The molecular formula is C20H19N5O4S3. The fourth-order valence-corrected chi connectivity index (χ4v) is 4.94. The van der Waals surface area contributed by atoms with Gasteiger partial charge in [-0.1, -0.05) is 30.0 Å². The van der Waals surface area contributed by atoms with Crippen molar-refractivity contribution >= 4 is 60.6 Å². The Hall–Kier alpha value is -2.96. The van der Waals surface area contributed by atoms with E-state index in [4.69, 9.17) is 4.42 Å². The van der Waals surface area contributed by atoms with Gasteiger partial charge in [0.1, 0.15) is 0 Å². The highest BCUT2D eigenvalue weighted by Gasteiger charge is 2.12. The van der Waals surface area contributed by atoms with E-state index in [9.17, 15) is 13.2 Å². The number of thioether (sulfide) groups is 1. The van der Waals surface area contributed by atoms with Gasteiger partial charge in [0.25, 0.3) is 5.22 Å². The van der Waals surface area contributed by atoms with E-state index in [2.05, 4.69) is 25.2 Å². The van der Waals surface area contributed by atoms with Gasteiger partial charge in [0.05, 0.1) is 32.9 Å². The Morgan fingerprint density at radius 2 is 1.91 bits per heavy atom. The van der Waals surface area contributed by atoms with Gasteiger partial charge in [-0.15, -0.1) is 21.5 Å². The van der Waals surface area contributed by atoms with Crippen LogP contribution in [0.2, 0.25) is 0 Å². The summed E-state index contributed by atoms with van der Waals surface area (Å²) in [6.07, 6.45) is 2.33. The molecule has 4 aromatic rings. The Morgan fingerprint density at radius 3 is 2.72 bits per heavy atom.